The molecule has 0 aliphatic heterocycles. The molecule has 0 atom stereocenters. The number of benzene rings is 3. The number of fused-ring (bicyclic) bond motifs is 2. The van der Waals surface area contributed by atoms with Gasteiger partial charge in [-0.1, -0.05) is 30.3 Å². The summed E-state index contributed by atoms with van der Waals surface area (Å²) < 4.78 is 35.2. The molecule has 0 saturated heterocycles. The van der Waals surface area contributed by atoms with Gasteiger partial charge < -0.3 is 15.2 Å². The topological polar surface area (TPSA) is 115 Å². The van der Waals surface area contributed by atoms with Crippen LogP contribution >= 0.6 is 0 Å². The second kappa shape index (κ2) is 8.57. The molecule has 0 amide bonds. The predicted molar refractivity (Wildman–Crippen MR) is 112 cm³/mol. The molecule has 0 spiro atoms. The summed E-state index contributed by atoms with van der Waals surface area (Å²) in [5, 5.41) is 5.81. The van der Waals surface area contributed by atoms with Crippen molar-refractivity contribution in [2.45, 2.75) is 11.8 Å². The Balaban J connectivity index is 0.00000272. The van der Waals surface area contributed by atoms with E-state index in [1.54, 1.807) is 56.4 Å². The Labute approximate surface area is 201 Å². The predicted octanol–water partition coefficient (Wildman–Crippen LogP) is 0.464. The van der Waals surface area contributed by atoms with Crippen LogP contribution in [-0.4, -0.2) is 31.6 Å². The second-order valence-electron chi connectivity index (χ2n) is 6.94. The van der Waals surface area contributed by atoms with Gasteiger partial charge >= 0.3 is 29.6 Å². The molecule has 0 unspecified atom stereocenters. The van der Waals surface area contributed by atoms with Crippen molar-refractivity contribution in [2.75, 3.05) is 17.7 Å². The van der Waals surface area contributed by atoms with E-state index in [4.69, 9.17) is 0 Å². The first kappa shape index (κ1) is 23.2. The molecular formula is C22H17N2NaO5S. The van der Waals surface area contributed by atoms with Crippen LogP contribution in [0.2, 0.25) is 0 Å². The standard InChI is InChI=1S/C22H18N2O5S.Na/c1-12-7-8-15(18(11-12)30(27,28)29)24-17-10-9-16(23-2)19-20(17)22(26)14-6-4-3-5-13(14)21(19)25;/h3-11,23-24H,1-2H3,(H,27,28,29);/q;+1/p-1. The molecule has 152 valence electrons. The van der Waals surface area contributed by atoms with Gasteiger partial charge in [-0.2, -0.15) is 0 Å². The molecule has 9 heteroatoms. The van der Waals surface area contributed by atoms with Crippen LogP contribution in [0.15, 0.2) is 59.5 Å². The van der Waals surface area contributed by atoms with Crippen molar-refractivity contribution in [3.63, 3.8) is 0 Å². The van der Waals surface area contributed by atoms with E-state index in [0.717, 1.165) is 0 Å². The van der Waals surface area contributed by atoms with Crippen molar-refractivity contribution in [3.05, 3.63) is 82.4 Å². The molecule has 31 heavy (non-hydrogen) atoms. The number of rotatable bonds is 4. The molecule has 1 aliphatic carbocycles. The van der Waals surface area contributed by atoms with Gasteiger partial charge in [-0.15, -0.1) is 0 Å². The molecule has 7 nitrogen and oxygen atoms in total. The fourth-order valence-electron chi connectivity index (χ4n) is 3.62. The maximum Gasteiger partial charge on any atom is 1.00 e. The molecule has 0 bridgehead atoms. The average molecular weight is 444 g/mol. The molecule has 3 aromatic carbocycles. The van der Waals surface area contributed by atoms with Gasteiger partial charge in [0.15, 0.2) is 11.6 Å². The quantitative estimate of drug-likeness (QED) is 0.347. The summed E-state index contributed by atoms with van der Waals surface area (Å²) in [6.07, 6.45) is 0. The Kier molecular flexibility index (Phi) is 6.40. The van der Waals surface area contributed by atoms with Crippen molar-refractivity contribution in [2.24, 2.45) is 0 Å². The van der Waals surface area contributed by atoms with Crippen LogP contribution in [-0.2, 0) is 10.1 Å². The first-order valence-electron chi connectivity index (χ1n) is 9.09. The number of nitrogens with one attached hydrogen (secondary N) is 2. The number of carbonyl (C=O) groups is 2. The third kappa shape index (κ3) is 4.05. The van der Waals surface area contributed by atoms with E-state index in [-0.39, 0.29) is 69.2 Å². The molecule has 4 rings (SSSR count). The van der Waals surface area contributed by atoms with Gasteiger partial charge in [0.1, 0.15) is 10.1 Å². The summed E-state index contributed by atoms with van der Waals surface area (Å²) >= 11 is 0. The van der Waals surface area contributed by atoms with Crippen molar-refractivity contribution < 1.29 is 52.1 Å². The van der Waals surface area contributed by atoms with E-state index < -0.39 is 15.0 Å². The molecule has 0 aromatic heterocycles. The van der Waals surface area contributed by atoms with Crippen molar-refractivity contribution in [3.8, 4) is 0 Å². The van der Waals surface area contributed by atoms with E-state index in [1.165, 1.54) is 12.1 Å². The number of hydrogen-bond acceptors (Lipinski definition) is 7. The van der Waals surface area contributed by atoms with Crippen molar-refractivity contribution in [1.82, 2.24) is 0 Å². The summed E-state index contributed by atoms with van der Waals surface area (Å²) in [5.74, 6) is -0.674. The Morgan fingerprint density at radius 3 is 1.87 bits per heavy atom. The largest absolute Gasteiger partial charge is 1.00 e. The summed E-state index contributed by atoms with van der Waals surface area (Å²) in [6.45, 7) is 1.67. The van der Waals surface area contributed by atoms with Crippen LogP contribution < -0.4 is 40.2 Å². The Morgan fingerprint density at radius 1 is 0.806 bits per heavy atom. The molecule has 1 aliphatic rings. The van der Waals surface area contributed by atoms with Gasteiger partial charge in [0.2, 0.25) is 0 Å². The van der Waals surface area contributed by atoms with Gasteiger partial charge in [0, 0.05) is 23.9 Å². The molecule has 3 aromatic rings. The SMILES string of the molecule is CNc1ccc(Nc2ccc(C)cc2S(=O)(=O)[O-])c2c1C(=O)c1ccccc1C2=O.[Na+]. The van der Waals surface area contributed by atoms with Crippen molar-refractivity contribution >= 4 is 38.7 Å². The summed E-state index contributed by atoms with van der Waals surface area (Å²) in [7, 11) is -3.12. The molecule has 0 heterocycles. The number of ketones is 2. The van der Waals surface area contributed by atoms with Crippen LogP contribution in [0.25, 0.3) is 0 Å². The molecule has 0 fully saturated rings. The fourth-order valence-corrected chi connectivity index (χ4v) is 4.34. The smallest absolute Gasteiger partial charge is 0.744 e. The summed E-state index contributed by atoms with van der Waals surface area (Å²) in [5.41, 5.74) is 2.25. The Hall–Kier alpha value is -2.49. The maximum atomic E-state index is 13.3. The Morgan fingerprint density at radius 2 is 1.32 bits per heavy atom. The van der Waals surface area contributed by atoms with E-state index >= 15 is 0 Å². The van der Waals surface area contributed by atoms with E-state index in [9.17, 15) is 22.6 Å². The van der Waals surface area contributed by atoms with Gasteiger partial charge in [-0.25, -0.2) is 8.42 Å². The molecule has 0 saturated carbocycles. The summed E-state index contributed by atoms with van der Waals surface area (Å²) in [4.78, 5) is 26.0. The number of anilines is 3. The number of hydrogen-bond donors (Lipinski definition) is 2. The van der Waals surface area contributed by atoms with Gasteiger partial charge in [0.25, 0.3) is 0 Å². The number of carbonyl (C=O) groups excluding carboxylic acids is 2. The first-order chi connectivity index (χ1) is 14.2. The van der Waals surface area contributed by atoms with Gasteiger partial charge in [0.05, 0.1) is 27.4 Å². The molecule has 2 N–H and O–H groups in total. The summed E-state index contributed by atoms with van der Waals surface area (Å²) in [6, 6.07) is 14.1. The minimum absolute atomic E-state index is 0. The fraction of sp³-hybridized carbons (Fsp3) is 0.0909. The monoisotopic (exact) mass is 444 g/mol. The van der Waals surface area contributed by atoms with Crippen LogP contribution in [0.4, 0.5) is 17.1 Å². The van der Waals surface area contributed by atoms with Crippen LogP contribution in [0.5, 0.6) is 0 Å². The average Bonchev–Trinajstić information content (AvgIpc) is 2.72. The van der Waals surface area contributed by atoms with Crippen LogP contribution in [0.3, 0.4) is 0 Å². The van der Waals surface area contributed by atoms with Gasteiger partial charge in [-0.3, -0.25) is 9.59 Å². The minimum atomic E-state index is -4.76. The maximum absolute atomic E-state index is 13.3. The minimum Gasteiger partial charge on any atom is -0.744 e. The third-order valence-corrected chi connectivity index (χ3v) is 5.90. The van der Waals surface area contributed by atoms with Crippen LogP contribution in [0.1, 0.15) is 37.4 Å². The third-order valence-electron chi connectivity index (χ3n) is 5.02. The van der Waals surface area contributed by atoms with E-state index in [2.05, 4.69) is 10.6 Å². The zero-order valence-electron chi connectivity index (χ0n) is 17.1. The normalized spacial score (nSPS) is 12.5. The Bertz CT molecular complexity index is 1340. The first-order valence-corrected chi connectivity index (χ1v) is 10.5. The van der Waals surface area contributed by atoms with Crippen LogP contribution in [0, 0.1) is 6.92 Å². The zero-order chi connectivity index (χ0) is 21.6. The van der Waals surface area contributed by atoms with Gasteiger partial charge in [-0.05, 0) is 36.8 Å². The van der Waals surface area contributed by atoms with E-state index in [1.807, 2.05) is 0 Å². The number of aryl methyl sites for hydroxylation is 1. The van der Waals surface area contributed by atoms with E-state index in [0.29, 0.717) is 16.8 Å². The molecule has 0 radical (unpaired) electrons. The second-order valence-corrected chi connectivity index (χ2v) is 8.29. The zero-order valence-corrected chi connectivity index (χ0v) is 20.0. The molecular weight excluding hydrogens is 427 g/mol. The van der Waals surface area contributed by atoms with Crippen molar-refractivity contribution in [1.29, 1.82) is 0 Å².